The molecule has 2 N–H and O–H groups in total. The van der Waals surface area contributed by atoms with Gasteiger partial charge in [0, 0.05) is 6.54 Å². The molecule has 1 heterocycles. The molecule has 3 heteroatoms. The van der Waals surface area contributed by atoms with Gasteiger partial charge in [0.05, 0.1) is 12.6 Å². The van der Waals surface area contributed by atoms with Gasteiger partial charge in [-0.3, -0.25) is 4.99 Å². The van der Waals surface area contributed by atoms with Crippen LogP contribution in [0.25, 0.3) is 0 Å². The number of hydrogen-bond donors (Lipinski definition) is 1. The van der Waals surface area contributed by atoms with Crippen molar-refractivity contribution in [2.24, 2.45) is 16.6 Å². The third-order valence-corrected chi connectivity index (χ3v) is 3.19. The summed E-state index contributed by atoms with van der Waals surface area (Å²) in [4.78, 5) is 6.64. The van der Waals surface area contributed by atoms with Gasteiger partial charge in [-0.05, 0) is 12.3 Å². The van der Waals surface area contributed by atoms with Gasteiger partial charge in [-0.2, -0.15) is 0 Å². The largest absolute Gasteiger partial charge is 0.370 e. The van der Waals surface area contributed by atoms with E-state index in [1.165, 1.54) is 12.8 Å². The summed E-state index contributed by atoms with van der Waals surface area (Å²) in [6.45, 7) is 8.66. The monoisotopic (exact) mass is 197 g/mol. The molecular formula is C11H23N3. The van der Waals surface area contributed by atoms with Crippen molar-refractivity contribution >= 4 is 5.96 Å². The van der Waals surface area contributed by atoms with Gasteiger partial charge < -0.3 is 10.6 Å². The van der Waals surface area contributed by atoms with Crippen LogP contribution in [-0.2, 0) is 0 Å². The molecule has 0 spiro atoms. The van der Waals surface area contributed by atoms with Crippen LogP contribution in [0.5, 0.6) is 0 Å². The van der Waals surface area contributed by atoms with E-state index >= 15 is 0 Å². The Labute approximate surface area is 87.4 Å². The molecule has 0 aromatic rings. The normalized spacial score (nSPS) is 21.9. The van der Waals surface area contributed by atoms with E-state index in [4.69, 9.17) is 5.73 Å². The van der Waals surface area contributed by atoms with E-state index in [2.05, 4.69) is 30.7 Å². The average Bonchev–Trinajstić information content (AvgIpc) is 2.53. The second-order valence-electron chi connectivity index (χ2n) is 4.04. The summed E-state index contributed by atoms with van der Waals surface area (Å²) in [5.74, 6) is 1.50. The highest BCUT2D eigenvalue weighted by molar-refractivity contribution is 5.80. The molecule has 14 heavy (non-hydrogen) atoms. The van der Waals surface area contributed by atoms with Gasteiger partial charge in [-0.15, -0.1) is 0 Å². The highest BCUT2D eigenvalue weighted by atomic mass is 15.3. The van der Waals surface area contributed by atoms with Crippen LogP contribution in [0.3, 0.4) is 0 Å². The Morgan fingerprint density at radius 3 is 2.57 bits per heavy atom. The minimum absolute atomic E-state index is 0.560. The van der Waals surface area contributed by atoms with E-state index in [-0.39, 0.29) is 0 Å². The van der Waals surface area contributed by atoms with Gasteiger partial charge in [-0.1, -0.05) is 33.6 Å². The van der Waals surface area contributed by atoms with Crippen molar-refractivity contribution in [1.29, 1.82) is 0 Å². The first kappa shape index (κ1) is 11.3. The number of hydrogen-bond acceptors (Lipinski definition) is 3. The van der Waals surface area contributed by atoms with Crippen molar-refractivity contribution in [3.63, 3.8) is 0 Å². The summed E-state index contributed by atoms with van der Waals surface area (Å²) in [5, 5.41) is 0. The molecule has 0 amide bonds. The molecule has 0 aromatic carbocycles. The third-order valence-electron chi connectivity index (χ3n) is 3.19. The summed E-state index contributed by atoms with van der Waals surface area (Å²) in [6, 6.07) is 0.560. The highest BCUT2D eigenvalue weighted by Gasteiger charge is 2.30. The topological polar surface area (TPSA) is 41.6 Å². The predicted octanol–water partition coefficient (Wildman–Crippen LogP) is 1.83. The Morgan fingerprint density at radius 2 is 2.07 bits per heavy atom. The Balaban J connectivity index is 2.61. The summed E-state index contributed by atoms with van der Waals surface area (Å²) in [6.07, 6.45) is 3.60. The summed E-state index contributed by atoms with van der Waals surface area (Å²) >= 11 is 0. The lowest BCUT2D eigenvalue weighted by Crippen LogP contribution is -2.44. The fraction of sp³-hybridized carbons (Fsp3) is 0.909. The first-order valence-electron chi connectivity index (χ1n) is 5.81. The SMILES string of the molecule is CCCN1C(N)=NCC1C(CC)CC. The minimum Gasteiger partial charge on any atom is -0.370 e. The third kappa shape index (κ3) is 2.20. The van der Waals surface area contributed by atoms with Crippen molar-refractivity contribution < 1.29 is 0 Å². The van der Waals surface area contributed by atoms with E-state index in [0.717, 1.165) is 31.4 Å². The lowest BCUT2D eigenvalue weighted by atomic mass is 9.93. The molecule has 0 saturated carbocycles. The fourth-order valence-corrected chi connectivity index (χ4v) is 2.30. The number of nitrogens with zero attached hydrogens (tertiary/aromatic N) is 2. The molecule has 0 bridgehead atoms. The average molecular weight is 197 g/mol. The standard InChI is InChI=1S/C11H23N3/c1-4-7-14-10(8-13-11(14)12)9(5-2)6-3/h9-10H,4-8H2,1-3H3,(H2,12,13). The molecule has 82 valence electrons. The van der Waals surface area contributed by atoms with Crippen LogP contribution in [-0.4, -0.2) is 30.0 Å². The Kier molecular flexibility index (Phi) is 4.23. The van der Waals surface area contributed by atoms with Crippen LogP contribution in [0.15, 0.2) is 4.99 Å². The first-order valence-corrected chi connectivity index (χ1v) is 5.81. The molecule has 1 aliphatic rings. The van der Waals surface area contributed by atoms with Gasteiger partial charge in [0.15, 0.2) is 5.96 Å². The molecule has 0 aliphatic carbocycles. The molecule has 0 aromatic heterocycles. The molecule has 1 aliphatic heterocycles. The smallest absolute Gasteiger partial charge is 0.191 e. The maximum atomic E-state index is 5.88. The molecule has 0 fully saturated rings. The molecule has 3 nitrogen and oxygen atoms in total. The predicted molar refractivity (Wildman–Crippen MR) is 61.3 cm³/mol. The van der Waals surface area contributed by atoms with Crippen LogP contribution >= 0.6 is 0 Å². The molecule has 0 saturated heterocycles. The van der Waals surface area contributed by atoms with Crippen molar-refractivity contribution in [3.8, 4) is 0 Å². The van der Waals surface area contributed by atoms with E-state index in [1.54, 1.807) is 0 Å². The number of guanidine groups is 1. The molecular weight excluding hydrogens is 174 g/mol. The zero-order chi connectivity index (χ0) is 10.6. The number of rotatable bonds is 5. The van der Waals surface area contributed by atoms with Crippen molar-refractivity contribution in [3.05, 3.63) is 0 Å². The molecule has 1 unspecified atom stereocenters. The lowest BCUT2D eigenvalue weighted by molar-refractivity contribution is 0.238. The van der Waals surface area contributed by atoms with Crippen molar-refractivity contribution in [1.82, 2.24) is 4.90 Å². The summed E-state index contributed by atoms with van der Waals surface area (Å²) in [7, 11) is 0. The maximum absolute atomic E-state index is 5.88. The quantitative estimate of drug-likeness (QED) is 0.730. The van der Waals surface area contributed by atoms with Gasteiger partial charge in [0.25, 0.3) is 0 Å². The van der Waals surface area contributed by atoms with Crippen LogP contribution in [0.4, 0.5) is 0 Å². The lowest BCUT2D eigenvalue weighted by Gasteiger charge is -2.31. The minimum atomic E-state index is 0.560. The van der Waals surface area contributed by atoms with Crippen molar-refractivity contribution in [2.75, 3.05) is 13.1 Å². The van der Waals surface area contributed by atoms with E-state index in [9.17, 15) is 0 Å². The maximum Gasteiger partial charge on any atom is 0.191 e. The van der Waals surface area contributed by atoms with E-state index in [1.807, 2.05) is 0 Å². The second kappa shape index (κ2) is 5.23. The first-order chi connectivity index (χ1) is 6.74. The van der Waals surface area contributed by atoms with Crippen LogP contribution in [0, 0.1) is 5.92 Å². The van der Waals surface area contributed by atoms with Gasteiger partial charge in [0.1, 0.15) is 0 Å². The zero-order valence-electron chi connectivity index (χ0n) is 9.66. The van der Waals surface area contributed by atoms with Gasteiger partial charge >= 0.3 is 0 Å². The van der Waals surface area contributed by atoms with Gasteiger partial charge in [0.2, 0.25) is 0 Å². The van der Waals surface area contributed by atoms with E-state index < -0.39 is 0 Å². The Morgan fingerprint density at radius 1 is 1.43 bits per heavy atom. The molecule has 0 radical (unpaired) electrons. The fourth-order valence-electron chi connectivity index (χ4n) is 2.30. The van der Waals surface area contributed by atoms with E-state index in [0.29, 0.717) is 6.04 Å². The van der Waals surface area contributed by atoms with Crippen LogP contribution in [0.1, 0.15) is 40.0 Å². The Hall–Kier alpha value is -0.730. The summed E-state index contributed by atoms with van der Waals surface area (Å²) in [5.41, 5.74) is 5.88. The second-order valence-corrected chi connectivity index (χ2v) is 4.04. The molecule has 1 atom stereocenters. The van der Waals surface area contributed by atoms with Crippen LogP contribution in [0.2, 0.25) is 0 Å². The molecule has 1 rings (SSSR count). The number of nitrogens with two attached hydrogens (primary N) is 1. The zero-order valence-corrected chi connectivity index (χ0v) is 9.66. The van der Waals surface area contributed by atoms with Crippen LogP contribution < -0.4 is 5.73 Å². The highest BCUT2D eigenvalue weighted by Crippen LogP contribution is 2.22. The van der Waals surface area contributed by atoms with Gasteiger partial charge in [-0.25, -0.2) is 0 Å². The summed E-state index contributed by atoms with van der Waals surface area (Å²) < 4.78 is 0. The Bertz CT molecular complexity index is 197. The van der Waals surface area contributed by atoms with Crippen molar-refractivity contribution in [2.45, 2.75) is 46.1 Å². The number of aliphatic imine (C=N–C) groups is 1.